The number of esters is 1. The number of hydrogen-bond acceptors (Lipinski definition) is 12. The van der Waals surface area contributed by atoms with Crippen LogP contribution in [0.25, 0.3) is 11.4 Å². The van der Waals surface area contributed by atoms with Gasteiger partial charge in [-0.2, -0.15) is 4.98 Å². The first-order valence-electron chi connectivity index (χ1n) is 14.0. The maximum Gasteiger partial charge on any atom is 0.527 e. The Balaban J connectivity index is 1.81. The van der Waals surface area contributed by atoms with Gasteiger partial charge in [0.25, 0.3) is 5.91 Å². The molecule has 1 aromatic heterocycles. The summed E-state index contributed by atoms with van der Waals surface area (Å²) < 4.78 is 15.4. The quantitative estimate of drug-likeness (QED) is 0.331. The van der Waals surface area contributed by atoms with Crippen molar-refractivity contribution in [2.45, 2.75) is 52.2 Å². The minimum absolute atomic E-state index is 0.0714. The highest BCUT2D eigenvalue weighted by Gasteiger charge is 2.31. The number of carbonyl (C=O) groups excluding carboxylic acids is 4. The summed E-state index contributed by atoms with van der Waals surface area (Å²) in [7, 11) is 0. The Morgan fingerprint density at radius 2 is 1.70 bits per heavy atom. The summed E-state index contributed by atoms with van der Waals surface area (Å²) >= 11 is 0. The second-order valence-corrected chi connectivity index (χ2v) is 10.6. The second-order valence-electron chi connectivity index (χ2n) is 10.6. The first-order valence-corrected chi connectivity index (χ1v) is 14.0. The van der Waals surface area contributed by atoms with Crippen molar-refractivity contribution in [2.75, 3.05) is 39.4 Å². The Kier molecular flexibility index (Phi) is 12.0. The van der Waals surface area contributed by atoms with E-state index >= 15 is 0 Å². The van der Waals surface area contributed by atoms with Crippen LogP contribution in [0.4, 0.5) is 4.79 Å². The van der Waals surface area contributed by atoms with Crippen LogP contribution >= 0.6 is 0 Å². The summed E-state index contributed by atoms with van der Waals surface area (Å²) in [5.41, 5.74) is -0.374. The molecular formula is C29H37N5O10. The molecule has 2 N–H and O–H groups in total. The maximum atomic E-state index is 13.6. The van der Waals surface area contributed by atoms with Crippen molar-refractivity contribution in [3.63, 3.8) is 0 Å². The standard InChI is InChI=1S/C29H37N5O10/c1-5-41-28(40)44-34-15-13-33(14-16-34)27(39)20(11-12-24(37)43-29(2,3)4)31-26(38)21-17-22(42-18-23(35)36)32-25(30-21)19-9-7-6-8-10-19/h6-10,17,20H,5,11-16,18H2,1-4H3,(H,31,38)(H,35,36)/t20-/m0/s1. The topological polar surface area (TPSA) is 187 Å². The molecule has 1 aliphatic rings. The van der Waals surface area contributed by atoms with Gasteiger partial charge in [0.1, 0.15) is 17.3 Å². The predicted octanol–water partition coefficient (Wildman–Crippen LogP) is 2.06. The maximum absolute atomic E-state index is 13.6. The van der Waals surface area contributed by atoms with Crippen molar-refractivity contribution in [3.8, 4) is 17.3 Å². The molecule has 0 bridgehead atoms. The number of nitrogens with one attached hydrogen (secondary N) is 1. The van der Waals surface area contributed by atoms with Crippen LogP contribution in [-0.4, -0.2) is 106 Å². The molecule has 0 spiro atoms. The molecule has 0 radical (unpaired) electrons. The summed E-state index contributed by atoms with van der Waals surface area (Å²) in [5, 5.41) is 13.1. The number of amides is 2. The lowest BCUT2D eigenvalue weighted by molar-refractivity contribution is -0.158. The van der Waals surface area contributed by atoms with Gasteiger partial charge in [0.15, 0.2) is 12.4 Å². The van der Waals surface area contributed by atoms with Gasteiger partial charge in [-0.05, 0) is 34.1 Å². The molecule has 0 unspecified atom stereocenters. The number of aromatic nitrogens is 2. The number of hydroxylamine groups is 2. The number of carboxylic acids is 1. The fraction of sp³-hybridized carbons (Fsp3) is 0.483. The molecule has 2 aromatic rings. The molecule has 238 valence electrons. The van der Waals surface area contributed by atoms with E-state index in [1.165, 1.54) is 16.0 Å². The Morgan fingerprint density at radius 1 is 1.02 bits per heavy atom. The van der Waals surface area contributed by atoms with Crippen LogP contribution in [0, 0.1) is 0 Å². The summed E-state index contributed by atoms with van der Waals surface area (Å²) in [5.74, 6) is -3.06. The molecule has 2 amide bonds. The number of carboxylic acid groups (broad SMARTS) is 1. The molecule has 1 atom stereocenters. The SMILES string of the molecule is CCOC(=O)ON1CCN(C(=O)[C@H](CCC(=O)OC(C)(C)C)NC(=O)c2cc(OCC(=O)O)nc(-c3ccccc3)n2)CC1. The molecule has 0 aliphatic carbocycles. The third-order valence-corrected chi connectivity index (χ3v) is 5.99. The van der Waals surface area contributed by atoms with Gasteiger partial charge in [-0.25, -0.2) is 14.6 Å². The Morgan fingerprint density at radius 3 is 2.32 bits per heavy atom. The normalized spacial score (nSPS) is 14.2. The van der Waals surface area contributed by atoms with Crippen LogP contribution in [0.5, 0.6) is 5.88 Å². The van der Waals surface area contributed by atoms with E-state index in [1.807, 2.05) is 0 Å². The lowest BCUT2D eigenvalue weighted by Crippen LogP contribution is -2.55. The number of carbonyl (C=O) groups is 5. The van der Waals surface area contributed by atoms with Crippen molar-refractivity contribution >= 4 is 29.9 Å². The van der Waals surface area contributed by atoms with Crippen molar-refractivity contribution in [2.24, 2.45) is 0 Å². The van der Waals surface area contributed by atoms with Gasteiger partial charge in [-0.3, -0.25) is 14.4 Å². The summed E-state index contributed by atoms with van der Waals surface area (Å²) in [4.78, 5) is 77.4. The minimum Gasteiger partial charge on any atom is -0.479 e. The lowest BCUT2D eigenvalue weighted by atomic mass is 10.1. The van der Waals surface area contributed by atoms with Gasteiger partial charge >= 0.3 is 18.1 Å². The molecule has 1 fully saturated rings. The summed E-state index contributed by atoms with van der Waals surface area (Å²) in [6, 6.07) is 8.70. The van der Waals surface area contributed by atoms with Gasteiger partial charge in [0.2, 0.25) is 11.8 Å². The molecule has 1 aromatic carbocycles. The molecule has 0 saturated carbocycles. The van der Waals surface area contributed by atoms with Crippen molar-refractivity contribution in [1.82, 2.24) is 25.2 Å². The van der Waals surface area contributed by atoms with Crippen LogP contribution in [-0.2, 0) is 28.7 Å². The number of ether oxygens (including phenoxy) is 3. The molecule has 44 heavy (non-hydrogen) atoms. The zero-order valence-corrected chi connectivity index (χ0v) is 25.1. The second kappa shape index (κ2) is 15.6. The Hall–Kier alpha value is -4.79. The van der Waals surface area contributed by atoms with Crippen LogP contribution in [0.1, 0.15) is 51.0 Å². The number of piperazine rings is 1. The third kappa shape index (κ3) is 10.8. The van der Waals surface area contributed by atoms with E-state index in [-0.39, 0.29) is 63.0 Å². The highest BCUT2D eigenvalue weighted by molar-refractivity contribution is 5.96. The van der Waals surface area contributed by atoms with E-state index in [9.17, 15) is 24.0 Å². The average molecular weight is 616 g/mol. The Labute approximate surface area is 254 Å². The van der Waals surface area contributed by atoms with Crippen molar-refractivity contribution < 1.29 is 48.1 Å². The lowest BCUT2D eigenvalue weighted by Gasteiger charge is -2.35. The zero-order chi connectivity index (χ0) is 32.3. The monoisotopic (exact) mass is 615 g/mol. The van der Waals surface area contributed by atoms with E-state index in [0.29, 0.717) is 5.56 Å². The molecule has 15 nitrogen and oxygen atoms in total. The van der Waals surface area contributed by atoms with Crippen LogP contribution in [0.2, 0.25) is 0 Å². The van der Waals surface area contributed by atoms with Gasteiger partial charge in [0, 0.05) is 31.1 Å². The van der Waals surface area contributed by atoms with Crippen LogP contribution < -0.4 is 10.1 Å². The van der Waals surface area contributed by atoms with Gasteiger partial charge in [0.05, 0.1) is 19.7 Å². The minimum atomic E-state index is -1.24. The Bertz CT molecular complexity index is 1320. The highest BCUT2D eigenvalue weighted by atomic mass is 16.8. The third-order valence-electron chi connectivity index (χ3n) is 5.99. The highest BCUT2D eigenvalue weighted by Crippen LogP contribution is 2.20. The number of hydrogen-bond donors (Lipinski definition) is 2. The van der Waals surface area contributed by atoms with Crippen LogP contribution in [0.3, 0.4) is 0 Å². The first-order chi connectivity index (χ1) is 20.8. The molecular weight excluding hydrogens is 578 g/mol. The number of benzene rings is 1. The summed E-state index contributed by atoms with van der Waals surface area (Å²) in [6.07, 6.45) is -1.08. The van der Waals surface area contributed by atoms with Gasteiger partial charge in [-0.1, -0.05) is 30.3 Å². The van der Waals surface area contributed by atoms with E-state index < -0.39 is 48.2 Å². The van der Waals surface area contributed by atoms with E-state index in [4.69, 9.17) is 24.2 Å². The fourth-order valence-corrected chi connectivity index (χ4v) is 4.08. The van der Waals surface area contributed by atoms with Gasteiger partial charge < -0.3 is 34.4 Å². The van der Waals surface area contributed by atoms with Crippen molar-refractivity contribution in [1.29, 1.82) is 0 Å². The van der Waals surface area contributed by atoms with Crippen LogP contribution in [0.15, 0.2) is 36.4 Å². The molecule has 15 heteroatoms. The molecule has 3 rings (SSSR count). The first kappa shape index (κ1) is 33.7. The number of nitrogens with zero attached hydrogens (tertiary/aromatic N) is 4. The fourth-order valence-electron chi connectivity index (χ4n) is 4.08. The zero-order valence-electron chi connectivity index (χ0n) is 25.1. The molecule has 1 saturated heterocycles. The molecule has 2 heterocycles. The largest absolute Gasteiger partial charge is 0.527 e. The van der Waals surface area contributed by atoms with Crippen molar-refractivity contribution in [3.05, 3.63) is 42.1 Å². The number of aliphatic carboxylic acids is 1. The van der Waals surface area contributed by atoms with E-state index in [2.05, 4.69) is 15.3 Å². The smallest absolute Gasteiger partial charge is 0.479 e. The molecule has 1 aliphatic heterocycles. The average Bonchev–Trinajstić information content (AvgIpc) is 2.97. The number of rotatable bonds is 12. The van der Waals surface area contributed by atoms with E-state index in [1.54, 1.807) is 58.0 Å². The van der Waals surface area contributed by atoms with Gasteiger partial charge in [-0.15, -0.1) is 5.06 Å². The summed E-state index contributed by atoms with van der Waals surface area (Å²) in [6.45, 7) is 7.02. The predicted molar refractivity (Wildman–Crippen MR) is 153 cm³/mol. The van der Waals surface area contributed by atoms with E-state index in [0.717, 1.165) is 0 Å².